The Morgan fingerprint density at radius 3 is 2.65 bits per heavy atom. The highest BCUT2D eigenvalue weighted by Crippen LogP contribution is 2.36. The molecule has 1 atom stereocenters. The maximum atomic E-state index is 12.4. The van der Waals surface area contributed by atoms with Crippen LogP contribution in [0.3, 0.4) is 0 Å². The molecule has 0 aliphatic carbocycles. The molecule has 0 fully saturated rings. The summed E-state index contributed by atoms with van der Waals surface area (Å²) in [4.78, 5) is 23.7. The van der Waals surface area contributed by atoms with Crippen LogP contribution < -0.4 is 20.7 Å². The largest absolute Gasteiger partial charge is 0.495 e. The molecule has 3 aromatic rings. The predicted molar refractivity (Wildman–Crippen MR) is 100 cm³/mol. The Bertz CT molecular complexity index is 964. The fourth-order valence-electron chi connectivity index (χ4n) is 2.69. The number of likely N-dealkylation sites (N-methyl/N-ethyl adjacent to an activating group) is 1. The van der Waals surface area contributed by atoms with Gasteiger partial charge >= 0.3 is 0 Å². The van der Waals surface area contributed by atoms with Gasteiger partial charge in [-0.1, -0.05) is 18.2 Å². The van der Waals surface area contributed by atoms with E-state index in [1.54, 1.807) is 27.1 Å². The van der Waals surface area contributed by atoms with Gasteiger partial charge in [-0.05, 0) is 19.1 Å². The average Bonchev–Trinajstić information content (AvgIpc) is 3.02. The van der Waals surface area contributed by atoms with E-state index >= 15 is 0 Å². The van der Waals surface area contributed by atoms with Crippen molar-refractivity contribution in [2.45, 2.75) is 13.0 Å². The molecule has 0 spiro atoms. The third-order valence-corrected chi connectivity index (χ3v) is 4.20. The number of fused-ring (bicyclic) bond motifs is 3. The van der Waals surface area contributed by atoms with Crippen LogP contribution in [-0.2, 0) is 9.59 Å². The summed E-state index contributed by atoms with van der Waals surface area (Å²) in [5, 5.41) is 10.1. The topological polar surface area (TPSA) is 92.6 Å². The number of furan rings is 1. The highest BCUT2D eigenvalue weighted by Gasteiger charge is 2.18. The first-order valence-corrected chi connectivity index (χ1v) is 8.27. The number of benzene rings is 2. The number of ether oxygens (including phenoxy) is 1. The van der Waals surface area contributed by atoms with Crippen LogP contribution in [0.1, 0.15) is 6.92 Å². The molecule has 0 saturated heterocycles. The van der Waals surface area contributed by atoms with Gasteiger partial charge in [-0.2, -0.15) is 0 Å². The van der Waals surface area contributed by atoms with Gasteiger partial charge in [0.25, 0.3) is 0 Å². The molecule has 0 aliphatic heterocycles. The summed E-state index contributed by atoms with van der Waals surface area (Å²) in [5.74, 6) is 0.0736. The quantitative estimate of drug-likeness (QED) is 0.631. The molecule has 2 aromatic carbocycles. The fraction of sp³-hybridized carbons (Fsp3) is 0.263. The van der Waals surface area contributed by atoms with Crippen LogP contribution in [0.5, 0.6) is 5.75 Å². The van der Waals surface area contributed by atoms with E-state index in [0.717, 1.165) is 16.4 Å². The van der Waals surface area contributed by atoms with Gasteiger partial charge in [0.2, 0.25) is 11.8 Å². The van der Waals surface area contributed by atoms with Crippen molar-refractivity contribution in [3.05, 3.63) is 36.4 Å². The van der Waals surface area contributed by atoms with Crippen molar-refractivity contribution >= 4 is 39.4 Å². The Balaban J connectivity index is 1.85. The predicted octanol–water partition coefficient (Wildman–Crippen LogP) is 2.26. The molecule has 0 saturated carbocycles. The molecule has 1 aromatic heterocycles. The van der Waals surface area contributed by atoms with Gasteiger partial charge in [0, 0.05) is 23.9 Å². The van der Waals surface area contributed by atoms with Gasteiger partial charge in [0.15, 0.2) is 0 Å². The van der Waals surface area contributed by atoms with Crippen LogP contribution in [0, 0.1) is 0 Å². The van der Waals surface area contributed by atoms with E-state index in [2.05, 4.69) is 16.0 Å². The third-order valence-electron chi connectivity index (χ3n) is 4.20. The van der Waals surface area contributed by atoms with Crippen LogP contribution in [0.25, 0.3) is 21.9 Å². The fourth-order valence-corrected chi connectivity index (χ4v) is 2.69. The summed E-state index contributed by atoms with van der Waals surface area (Å²) in [7, 11) is 3.09. The highest BCUT2D eigenvalue weighted by molar-refractivity contribution is 6.08. The zero-order valence-corrected chi connectivity index (χ0v) is 14.9. The first-order chi connectivity index (χ1) is 12.5. The van der Waals surface area contributed by atoms with Crippen molar-refractivity contribution in [2.24, 2.45) is 0 Å². The van der Waals surface area contributed by atoms with Crippen molar-refractivity contribution in [1.82, 2.24) is 10.6 Å². The van der Waals surface area contributed by atoms with Crippen LogP contribution in [0.2, 0.25) is 0 Å². The molecular formula is C19H21N3O4. The second-order valence-corrected chi connectivity index (χ2v) is 5.91. The summed E-state index contributed by atoms with van der Waals surface area (Å²) in [6, 6.07) is 10.8. The van der Waals surface area contributed by atoms with Crippen molar-refractivity contribution in [1.29, 1.82) is 0 Å². The van der Waals surface area contributed by atoms with E-state index in [0.29, 0.717) is 17.0 Å². The monoisotopic (exact) mass is 355 g/mol. The number of para-hydroxylation sites is 1. The summed E-state index contributed by atoms with van der Waals surface area (Å²) < 4.78 is 11.3. The number of hydrogen-bond donors (Lipinski definition) is 3. The molecule has 1 heterocycles. The van der Waals surface area contributed by atoms with Gasteiger partial charge in [0.1, 0.15) is 16.9 Å². The molecular weight excluding hydrogens is 334 g/mol. The van der Waals surface area contributed by atoms with E-state index in [1.165, 1.54) is 0 Å². The molecule has 0 radical (unpaired) electrons. The highest BCUT2D eigenvalue weighted by atomic mass is 16.5. The van der Waals surface area contributed by atoms with Crippen molar-refractivity contribution in [3.8, 4) is 5.75 Å². The molecule has 7 nitrogen and oxygen atoms in total. The number of methoxy groups -OCH3 is 1. The molecule has 7 heteroatoms. The van der Waals surface area contributed by atoms with E-state index in [-0.39, 0.29) is 18.4 Å². The number of nitrogens with one attached hydrogen (secondary N) is 3. The Hall–Kier alpha value is -3.06. The van der Waals surface area contributed by atoms with Crippen molar-refractivity contribution in [3.63, 3.8) is 0 Å². The van der Waals surface area contributed by atoms with Gasteiger partial charge < -0.3 is 19.8 Å². The summed E-state index contributed by atoms with van der Waals surface area (Å²) in [6.07, 6.45) is 0. The Morgan fingerprint density at radius 1 is 1.15 bits per heavy atom. The van der Waals surface area contributed by atoms with E-state index < -0.39 is 6.04 Å². The minimum Gasteiger partial charge on any atom is -0.495 e. The Kier molecular flexibility index (Phi) is 5.09. The van der Waals surface area contributed by atoms with Gasteiger partial charge in [0.05, 0.1) is 25.4 Å². The second-order valence-electron chi connectivity index (χ2n) is 5.91. The second kappa shape index (κ2) is 7.45. The lowest BCUT2D eigenvalue weighted by molar-refractivity contribution is -0.120. The first-order valence-electron chi connectivity index (χ1n) is 8.27. The standard InChI is InChI=1S/C19H21N3O4/c1-11(21-10-18(23)20-2)19(24)22-14-9-16-13(8-17(14)25-3)12-6-4-5-7-15(12)26-16/h4-9,11,21H,10H2,1-3H3,(H,20,23)(H,22,24)/t11-/m1/s1. The number of carbonyl (C=O) groups excluding carboxylic acids is 2. The molecule has 2 amide bonds. The number of hydrogen-bond acceptors (Lipinski definition) is 5. The van der Waals surface area contributed by atoms with Crippen LogP contribution in [0.15, 0.2) is 40.8 Å². The number of amides is 2. The SMILES string of the molecule is CNC(=O)CN[C@H](C)C(=O)Nc1cc2oc3ccccc3c2cc1OC. The molecule has 26 heavy (non-hydrogen) atoms. The summed E-state index contributed by atoms with van der Waals surface area (Å²) in [5.41, 5.74) is 1.94. The Morgan fingerprint density at radius 2 is 1.92 bits per heavy atom. The molecule has 136 valence electrons. The minimum absolute atomic E-state index is 0.0603. The van der Waals surface area contributed by atoms with Crippen LogP contribution in [0.4, 0.5) is 5.69 Å². The van der Waals surface area contributed by atoms with Gasteiger partial charge in [-0.3, -0.25) is 14.9 Å². The molecule has 0 aliphatic rings. The smallest absolute Gasteiger partial charge is 0.241 e. The van der Waals surface area contributed by atoms with Gasteiger partial charge in [-0.15, -0.1) is 0 Å². The van der Waals surface area contributed by atoms with E-state index in [1.807, 2.05) is 30.3 Å². The maximum absolute atomic E-state index is 12.4. The number of rotatable bonds is 6. The molecule has 3 rings (SSSR count). The lowest BCUT2D eigenvalue weighted by Gasteiger charge is -2.15. The summed E-state index contributed by atoms with van der Waals surface area (Å²) in [6.45, 7) is 1.75. The lowest BCUT2D eigenvalue weighted by Crippen LogP contribution is -2.42. The molecule has 3 N–H and O–H groups in total. The zero-order chi connectivity index (χ0) is 18.7. The molecule has 0 unspecified atom stereocenters. The van der Waals surface area contributed by atoms with Crippen molar-refractivity contribution in [2.75, 3.05) is 26.0 Å². The van der Waals surface area contributed by atoms with Gasteiger partial charge in [-0.25, -0.2) is 0 Å². The number of carbonyl (C=O) groups is 2. The molecule has 0 bridgehead atoms. The lowest BCUT2D eigenvalue weighted by atomic mass is 10.1. The van der Waals surface area contributed by atoms with E-state index in [9.17, 15) is 9.59 Å². The van der Waals surface area contributed by atoms with E-state index in [4.69, 9.17) is 9.15 Å². The van der Waals surface area contributed by atoms with Crippen LogP contribution >= 0.6 is 0 Å². The normalized spacial score (nSPS) is 12.1. The summed E-state index contributed by atoms with van der Waals surface area (Å²) >= 11 is 0. The first kappa shape index (κ1) is 17.8. The maximum Gasteiger partial charge on any atom is 0.241 e. The Labute approximate surface area is 150 Å². The zero-order valence-electron chi connectivity index (χ0n) is 14.9. The number of anilines is 1. The van der Waals surface area contributed by atoms with Crippen molar-refractivity contribution < 1.29 is 18.7 Å². The minimum atomic E-state index is -0.552. The van der Waals surface area contributed by atoms with Crippen LogP contribution in [-0.4, -0.2) is 38.6 Å². The average molecular weight is 355 g/mol. The third kappa shape index (κ3) is 3.48.